The molecule has 0 aliphatic carbocycles. The van der Waals surface area contributed by atoms with Crippen LogP contribution in [0.25, 0.3) is 0 Å². The molecule has 0 spiro atoms. The van der Waals surface area contributed by atoms with Crippen LogP contribution < -0.4 is 10.1 Å². The highest BCUT2D eigenvalue weighted by molar-refractivity contribution is 7.08. The van der Waals surface area contributed by atoms with E-state index < -0.39 is 5.97 Å². The van der Waals surface area contributed by atoms with Crippen molar-refractivity contribution in [1.82, 2.24) is 9.59 Å². The lowest BCUT2D eigenvalue weighted by Crippen LogP contribution is -2.13. The number of nitrogens with zero attached hydrogens (tertiary/aromatic N) is 2. The lowest BCUT2D eigenvalue weighted by Gasteiger charge is -2.07. The Morgan fingerprint density at radius 1 is 1.27 bits per heavy atom. The minimum Gasteiger partial charge on any atom is -0.482 e. The van der Waals surface area contributed by atoms with E-state index in [1.807, 2.05) is 6.92 Å². The Hall–Kier alpha value is -2.48. The molecule has 1 heterocycles. The molecule has 0 atom stereocenters. The molecule has 1 aromatic heterocycles. The van der Waals surface area contributed by atoms with E-state index in [1.165, 1.54) is 7.11 Å². The van der Waals surface area contributed by atoms with Gasteiger partial charge in [0.1, 0.15) is 10.6 Å². The van der Waals surface area contributed by atoms with E-state index in [9.17, 15) is 9.59 Å². The van der Waals surface area contributed by atoms with Gasteiger partial charge in [-0.15, -0.1) is 5.10 Å². The molecule has 0 saturated carbocycles. The van der Waals surface area contributed by atoms with Gasteiger partial charge in [0, 0.05) is 5.69 Å². The number of esters is 1. The summed E-state index contributed by atoms with van der Waals surface area (Å²) in [5, 5.41) is 6.67. The van der Waals surface area contributed by atoms with E-state index in [0.717, 1.165) is 11.5 Å². The van der Waals surface area contributed by atoms with Gasteiger partial charge in [0.2, 0.25) is 0 Å². The fourth-order valence-electron chi connectivity index (χ4n) is 1.64. The van der Waals surface area contributed by atoms with Crippen LogP contribution in [0.2, 0.25) is 0 Å². The summed E-state index contributed by atoms with van der Waals surface area (Å²) in [5.74, 6) is -0.186. The second-order valence-electron chi connectivity index (χ2n) is 4.25. The Morgan fingerprint density at radius 3 is 2.64 bits per heavy atom. The number of hydrogen-bond acceptors (Lipinski definition) is 7. The molecule has 0 fully saturated rings. The van der Waals surface area contributed by atoms with Crippen LogP contribution in [0.4, 0.5) is 5.69 Å². The molecule has 0 aliphatic heterocycles. The Balaban J connectivity index is 1.96. The van der Waals surface area contributed by atoms with Gasteiger partial charge in [-0.25, -0.2) is 4.79 Å². The molecule has 1 N–H and O–H groups in total. The van der Waals surface area contributed by atoms with E-state index in [1.54, 1.807) is 24.3 Å². The number of hydrogen-bond donors (Lipinski definition) is 1. The Kier molecular flexibility index (Phi) is 5.42. The molecule has 0 radical (unpaired) electrons. The van der Waals surface area contributed by atoms with E-state index in [2.05, 4.69) is 19.6 Å². The van der Waals surface area contributed by atoms with Gasteiger partial charge in [-0.05, 0) is 42.2 Å². The average Bonchev–Trinajstić information content (AvgIpc) is 3.02. The molecular weight excluding hydrogens is 306 g/mol. The normalized spacial score (nSPS) is 10.1. The van der Waals surface area contributed by atoms with Gasteiger partial charge in [-0.3, -0.25) is 4.79 Å². The van der Waals surface area contributed by atoms with Crippen molar-refractivity contribution in [1.29, 1.82) is 0 Å². The molecule has 1 amide bonds. The zero-order valence-corrected chi connectivity index (χ0v) is 13.0. The highest BCUT2D eigenvalue weighted by atomic mass is 32.1. The number of carbonyl (C=O) groups is 2. The lowest BCUT2D eigenvalue weighted by atomic mass is 10.2. The number of ether oxygens (including phenoxy) is 2. The molecule has 1 aromatic carbocycles. The van der Waals surface area contributed by atoms with E-state index in [0.29, 0.717) is 28.4 Å². The first-order valence-electron chi connectivity index (χ1n) is 6.56. The second kappa shape index (κ2) is 7.51. The van der Waals surface area contributed by atoms with Gasteiger partial charge in [0.25, 0.3) is 5.91 Å². The monoisotopic (exact) mass is 321 g/mol. The Morgan fingerprint density at radius 2 is 2.00 bits per heavy atom. The summed E-state index contributed by atoms with van der Waals surface area (Å²) in [6.45, 7) is 1.76. The first kappa shape index (κ1) is 15.9. The topological polar surface area (TPSA) is 90.4 Å². The number of anilines is 1. The summed E-state index contributed by atoms with van der Waals surface area (Å²) in [6, 6.07) is 6.68. The predicted molar refractivity (Wildman–Crippen MR) is 81.2 cm³/mol. The highest BCUT2D eigenvalue weighted by Crippen LogP contribution is 2.18. The zero-order valence-electron chi connectivity index (χ0n) is 12.2. The van der Waals surface area contributed by atoms with Crippen molar-refractivity contribution in [2.45, 2.75) is 13.3 Å². The molecule has 0 unspecified atom stereocenters. The number of rotatable bonds is 6. The molecule has 0 saturated heterocycles. The van der Waals surface area contributed by atoms with Crippen molar-refractivity contribution in [2.75, 3.05) is 19.0 Å². The molecule has 7 nitrogen and oxygen atoms in total. The SMILES string of the molecule is CCc1nnsc1C(=O)Nc1ccc(OCC(=O)OC)cc1. The zero-order chi connectivity index (χ0) is 15.9. The maximum atomic E-state index is 12.1. The number of aryl methyl sites for hydroxylation is 1. The van der Waals surface area contributed by atoms with Gasteiger partial charge in [-0.2, -0.15) is 0 Å². The standard InChI is InChI=1S/C14H15N3O4S/c1-3-11-13(22-17-16-11)14(19)15-9-4-6-10(7-5-9)21-8-12(18)20-2/h4-7H,3,8H2,1-2H3,(H,15,19). The maximum Gasteiger partial charge on any atom is 0.343 e. The van der Waals surface area contributed by atoms with Crippen LogP contribution in [0, 0.1) is 0 Å². The van der Waals surface area contributed by atoms with Crippen molar-refractivity contribution in [3.8, 4) is 5.75 Å². The van der Waals surface area contributed by atoms with E-state index in [4.69, 9.17) is 4.74 Å². The molecule has 2 rings (SSSR count). The summed E-state index contributed by atoms with van der Waals surface area (Å²) in [6.07, 6.45) is 0.652. The first-order chi connectivity index (χ1) is 10.6. The number of aromatic nitrogens is 2. The fourth-order valence-corrected chi connectivity index (χ4v) is 2.28. The molecule has 116 valence electrons. The van der Waals surface area contributed by atoms with Crippen molar-refractivity contribution < 1.29 is 19.1 Å². The maximum absolute atomic E-state index is 12.1. The van der Waals surface area contributed by atoms with Gasteiger partial charge in [-0.1, -0.05) is 11.4 Å². The van der Waals surface area contributed by atoms with Gasteiger partial charge < -0.3 is 14.8 Å². The van der Waals surface area contributed by atoms with Crippen LogP contribution in [-0.4, -0.2) is 35.2 Å². The Bertz CT molecular complexity index is 654. The van der Waals surface area contributed by atoms with Crippen LogP contribution in [-0.2, 0) is 16.0 Å². The molecule has 8 heteroatoms. The minimum atomic E-state index is -0.456. The summed E-state index contributed by atoms with van der Waals surface area (Å²) in [4.78, 5) is 23.6. The second-order valence-corrected chi connectivity index (χ2v) is 5.00. The minimum absolute atomic E-state index is 0.158. The number of nitrogens with one attached hydrogen (secondary N) is 1. The van der Waals surface area contributed by atoms with Crippen LogP contribution in [0.1, 0.15) is 22.3 Å². The Labute approximate surface area is 131 Å². The van der Waals surface area contributed by atoms with Gasteiger partial charge in [0.05, 0.1) is 12.8 Å². The molecule has 0 aliphatic rings. The third-order valence-electron chi connectivity index (χ3n) is 2.79. The van der Waals surface area contributed by atoms with Gasteiger partial charge in [0.15, 0.2) is 6.61 Å². The van der Waals surface area contributed by atoms with Crippen LogP contribution in [0.3, 0.4) is 0 Å². The van der Waals surface area contributed by atoms with Crippen LogP contribution >= 0.6 is 11.5 Å². The van der Waals surface area contributed by atoms with Crippen molar-refractivity contribution in [3.63, 3.8) is 0 Å². The van der Waals surface area contributed by atoms with Crippen molar-refractivity contribution >= 4 is 29.1 Å². The summed E-state index contributed by atoms with van der Waals surface area (Å²) >= 11 is 1.07. The fraction of sp³-hybridized carbons (Fsp3) is 0.286. The number of amides is 1. The summed E-state index contributed by atoms with van der Waals surface area (Å²) < 4.78 is 13.5. The van der Waals surface area contributed by atoms with Crippen LogP contribution in [0.15, 0.2) is 24.3 Å². The first-order valence-corrected chi connectivity index (χ1v) is 7.33. The smallest absolute Gasteiger partial charge is 0.343 e. The van der Waals surface area contributed by atoms with Gasteiger partial charge >= 0.3 is 5.97 Å². The largest absolute Gasteiger partial charge is 0.482 e. The van der Waals surface area contributed by atoms with Crippen molar-refractivity contribution in [2.24, 2.45) is 0 Å². The average molecular weight is 321 g/mol. The molecular formula is C14H15N3O4S. The van der Waals surface area contributed by atoms with Crippen LogP contribution in [0.5, 0.6) is 5.75 Å². The molecule has 2 aromatic rings. The van der Waals surface area contributed by atoms with Crippen molar-refractivity contribution in [3.05, 3.63) is 34.8 Å². The summed E-state index contributed by atoms with van der Waals surface area (Å²) in [5.41, 5.74) is 1.30. The number of carbonyl (C=O) groups excluding carboxylic acids is 2. The third kappa shape index (κ3) is 4.01. The molecule has 22 heavy (non-hydrogen) atoms. The highest BCUT2D eigenvalue weighted by Gasteiger charge is 2.15. The summed E-state index contributed by atoms with van der Waals surface area (Å²) in [7, 11) is 1.29. The third-order valence-corrected chi connectivity index (χ3v) is 3.56. The quantitative estimate of drug-likeness (QED) is 0.817. The predicted octanol–water partition coefficient (Wildman–Crippen LogP) is 1.90. The van der Waals surface area contributed by atoms with E-state index >= 15 is 0 Å². The number of methoxy groups -OCH3 is 1. The number of benzene rings is 1. The van der Waals surface area contributed by atoms with E-state index in [-0.39, 0.29) is 12.5 Å². The lowest BCUT2D eigenvalue weighted by molar-refractivity contribution is -0.142. The molecule has 0 bridgehead atoms.